The third-order valence-corrected chi connectivity index (χ3v) is 3.08. The second-order valence-corrected chi connectivity index (χ2v) is 4.99. The Morgan fingerprint density at radius 1 is 1.44 bits per heavy atom. The zero-order chi connectivity index (χ0) is 13.0. The Labute approximate surface area is 108 Å². The minimum Gasteiger partial charge on any atom is -0.463 e. The van der Waals surface area contributed by atoms with E-state index in [1.165, 1.54) is 5.57 Å². The second kappa shape index (κ2) is 5.69. The molecule has 0 saturated heterocycles. The van der Waals surface area contributed by atoms with Crippen molar-refractivity contribution in [3.8, 4) is 0 Å². The zero-order valence-corrected chi connectivity index (χ0v) is 11.0. The molecule has 100 valence electrons. The first kappa shape index (κ1) is 13.3. The van der Waals surface area contributed by atoms with E-state index < -0.39 is 5.60 Å². The first-order chi connectivity index (χ1) is 8.58. The van der Waals surface area contributed by atoms with Crippen LogP contribution in [0.4, 0.5) is 0 Å². The van der Waals surface area contributed by atoms with Crippen molar-refractivity contribution in [3.63, 3.8) is 0 Å². The Balaban J connectivity index is 1.83. The summed E-state index contributed by atoms with van der Waals surface area (Å²) in [6.07, 6.45) is 3.17. The average molecular weight is 251 g/mol. The molecule has 18 heavy (non-hydrogen) atoms. The van der Waals surface area contributed by atoms with Gasteiger partial charge in [-0.15, -0.1) is 0 Å². The maximum absolute atomic E-state index is 10.3. The van der Waals surface area contributed by atoms with Gasteiger partial charge in [-0.05, 0) is 38.0 Å². The quantitative estimate of drug-likeness (QED) is 0.783. The molecule has 2 heterocycles. The van der Waals surface area contributed by atoms with Crippen molar-refractivity contribution >= 4 is 0 Å². The highest BCUT2D eigenvalue weighted by molar-refractivity contribution is 5.13. The van der Waals surface area contributed by atoms with E-state index in [1.807, 2.05) is 19.1 Å². The van der Waals surface area contributed by atoms with Crippen LogP contribution in [0.1, 0.15) is 24.9 Å². The van der Waals surface area contributed by atoms with Crippen LogP contribution in [-0.4, -0.2) is 31.4 Å². The molecule has 4 nitrogen and oxygen atoms in total. The second-order valence-electron chi connectivity index (χ2n) is 4.99. The van der Waals surface area contributed by atoms with Gasteiger partial charge in [0.05, 0.1) is 13.2 Å². The van der Waals surface area contributed by atoms with Crippen molar-refractivity contribution in [1.29, 1.82) is 0 Å². The molecule has 1 aliphatic heterocycles. The van der Waals surface area contributed by atoms with Crippen LogP contribution in [0.25, 0.3) is 0 Å². The van der Waals surface area contributed by atoms with Crippen molar-refractivity contribution in [2.24, 2.45) is 0 Å². The lowest BCUT2D eigenvalue weighted by Gasteiger charge is -2.22. The highest BCUT2D eigenvalue weighted by Crippen LogP contribution is 2.21. The van der Waals surface area contributed by atoms with E-state index in [0.29, 0.717) is 18.9 Å². The molecule has 0 amide bonds. The van der Waals surface area contributed by atoms with E-state index in [-0.39, 0.29) is 0 Å². The number of hydrogen-bond donors (Lipinski definition) is 2. The number of furan rings is 1. The molecule has 0 radical (unpaired) electrons. The molecule has 4 heteroatoms. The fraction of sp³-hybridized carbons (Fsp3) is 0.571. The van der Waals surface area contributed by atoms with Gasteiger partial charge in [-0.3, -0.25) is 0 Å². The monoisotopic (exact) mass is 251 g/mol. The number of aliphatic hydroxyl groups is 1. The number of hydrogen-bond acceptors (Lipinski definition) is 4. The van der Waals surface area contributed by atoms with Gasteiger partial charge in [-0.2, -0.15) is 0 Å². The molecule has 2 N–H and O–H groups in total. The largest absolute Gasteiger partial charge is 0.463 e. The molecule has 2 rings (SSSR count). The van der Waals surface area contributed by atoms with Crippen LogP contribution in [0, 0.1) is 6.92 Å². The highest BCUT2D eigenvalue weighted by Gasteiger charge is 2.26. The lowest BCUT2D eigenvalue weighted by atomic mass is 10.0. The van der Waals surface area contributed by atoms with Crippen LogP contribution in [0.2, 0.25) is 0 Å². The molecular formula is C14H21NO3. The van der Waals surface area contributed by atoms with Crippen molar-refractivity contribution in [2.75, 3.05) is 26.3 Å². The summed E-state index contributed by atoms with van der Waals surface area (Å²) in [7, 11) is 0. The summed E-state index contributed by atoms with van der Waals surface area (Å²) in [4.78, 5) is 0. The predicted octanol–water partition coefficient (Wildman–Crippen LogP) is 1.73. The number of nitrogens with one attached hydrogen (secondary N) is 1. The van der Waals surface area contributed by atoms with Crippen molar-refractivity contribution in [1.82, 2.24) is 5.32 Å². The van der Waals surface area contributed by atoms with Crippen LogP contribution in [0.5, 0.6) is 0 Å². The summed E-state index contributed by atoms with van der Waals surface area (Å²) in [5.41, 5.74) is 0.261. The number of ether oxygens (including phenoxy) is 1. The lowest BCUT2D eigenvalue weighted by molar-refractivity contribution is 0.0339. The van der Waals surface area contributed by atoms with Gasteiger partial charge in [-0.25, -0.2) is 0 Å². The van der Waals surface area contributed by atoms with E-state index in [4.69, 9.17) is 9.15 Å². The van der Waals surface area contributed by atoms with Gasteiger partial charge in [0.15, 0.2) is 0 Å². The first-order valence-corrected chi connectivity index (χ1v) is 6.33. The van der Waals surface area contributed by atoms with Crippen molar-refractivity contribution in [3.05, 3.63) is 35.3 Å². The average Bonchev–Trinajstić information content (AvgIpc) is 2.78. The van der Waals surface area contributed by atoms with E-state index >= 15 is 0 Å². The van der Waals surface area contributed by atoms with Gasteiger partial charge < -0.3 is 19.6 Å². The van der Waals surface area contributed by atoms with E-state index in [0.717, 1.165) is 25.3 Å². The molecule has 0 aromatic carbocycles. The van der Waals surface area contributed by atoms with Gasteiger partial charge in [0.1, 0.15) is 17.1 Å². The first-order valence-electron chi connectivity index (χ1n) is 6.33. The maximum Gasteiger partial charge on any atom is 0.136 e. The minimum absolute atomic E-state index is 0.456. The van der Waals surface area contributed by atoms with Gasteiger partial charge in [0.2, 0.25) is 0 Å². The summed E-state index contributed by atoms with van der Waals surface area (Å²) in [6, 6.07) is 3.68. The molecule has 0 fully saturated rings. The SMILES string of the molecule is Cc1ccc(C(C)(O)CNCC2=CCCOC2)o1. The van der Waals surface area contributed by atoms with Crippen molar-refractivity contribution < 1.29 is 14.3 Å². The minimum atomic E-state index is -0.982. The maximum atomic E-state index is 10.3. The third-order valence-electron chi connectivity index (χ3n) is 3.08. The number of aryl methyl sites for hydroxylation is 1. The Kier molecular flexibility index (Phi) is 4.22. The Hall–Kier alpha value is -1.10. The Morgan fingerprint density at radius 2 is 2.28 bits per heavy atom. The van der Waals surface area contributed by atoms with Gasteiger partial charge in [0, 0.05) is 13.1 Å². The summed E-state index contributed by atoms with van der Waals surface area (Å²) in [6.45, 7) is 6.33. The van der Waals surface area contributed by atoms with E-state index in [1.54, 1.807) is 6.92 Å². The normalized spacial score (nSPS) is 19.4. The summed E-state index contributed by atoms with van der Waals surface area (Å²) in [5, 5.41) is 13.6. The molecule has 0 saturated carbocycles. The summed E-state index contributed by atoms with van der Waals surface area (Å²) in [5.74, 6) is 1.41. The summed E-state index contributed by atoms with van der Waals surface area (Å²) < 4.78 is 10.8. The van der Waals surface area contributed by atoms with Crippen LogP contribution >= 0.6 is 0 Å². The fourth-order valence-electron chi connectivity index (χ4n) is 2.01. The Morgan fingerprint density at radius 3 is 2.89 bits per heavy atom. The molecule has 0 spiro atoms. The molecule has 1 aromatic rings. The van der Waals surface area contributed by atoms with Crippen molar-refractivity contribution in [2.45, 2.75) is 25.9 Å². The molecular weight excluding hydrogens is 230 g/mol. The third kappa shape index (κ3) is 3.45. The zero-order valence-electron chi connectivity index (χ0n) is 11.0. The van der Waals surface area contributed by atoms with Crippen LogP contribution in [0.15, 0.2) is 28.2 Å². The topological polar surface area (TPSA) is 54.6 Å². The van der Waals surface area contributed by atoms with Gasteiger partial charge in [-0.1, -0.05) is 6.08 Å². The molecule has 0 aliphatic carbocycles. The Bertz CT molecular complexity index is 420. The lowest BCUT2D eigenvalue weighted by Crippen LogP contribution is -2.36. The summed E-state index contributed by atoms with van der Waals surface area (Å²) >= 11 is 0. The predicted molar refractivity (Wildman–Crippen MR) is 69.4 cm³/mol. The molecule has 1 atom stereocenters. The van der Waals surface area contributed by atoms with E-state index in [9.17, 15) is 5.11 Å². The van der Waals surface area contributed by atoms with E-state index in [2.05, 4.69) is 11.4 Å². The van der Waals surface area contributed by atoms with Crippen LogP contribution < -0.4 is 5.32 Å². The fourth-order valence-corrected chi connectivity index (χ4v) is 2.01. The van der Waals surface area contributed by atoms with Crippen LogP contribution in [0.3, 0.4) is 0 Å². The standard InChI is InChI=1S/C14H21NO3/c1-11-5-6-13(18-11)14(2,16)10-15-8-12-4-3-7-17-9-12/h4-6,15-16H,3,7-10H2,1-2H3. The molecule has 1 unspecified atom stereocenters. The van der Waals surface area contributed by atoms with Gasteiger partial charge >= 0.3 is 0 Å². The van der Waals surface area contributed by atoms with Gasteiger partial charge in [0.25, 0.3) is 0 Å². The molecule has 1 aliphatic rings. The number of rotatable bonds is 5. The highest BCUT2D eigenvalue weighted by atomic mass is 16.5. The molecule has 0 bridgehead atoms. The molecule has 1 aromatic heterocycles. The van der Waals surface area contributed by atoms with Crippen LogP contribution in [-0.2, 0) is 10.3 Å². The smallest absolute Gasteiger partial charge is 0.136 e.